The number of likely N-dealkylation sites (N-methyl/N-ethyl adjacent to an activating group) is 1. The summed E-state index contributed by atoms with van der Waals surface area (Å²) in [5.74, 6) is -2.44. The van der Waals surface area contributed by atoms with Gasteiger partial charge in [-0.15, -0.1) is 11.3 Å². The lowest BCUT2D eigenvalue weighted by Crippen LogP contribution is -2.54. The van der Waals surface area contributed by atoms with E-state index in [2.05, 4.69) is 22.2 Å². The van der Waals surface area contributed by atoms with E-state index in [0.717, 1.165) is 49.7 Å². The standard InChI is InChI=1S/C35H44ClF3N6O4S/c1-41-17-27-16-26(41)18-45(27)25-5-9-43(10-6-25)33(48)23(12-21-13-28(35(37,38)39)32(47)29(36)14-21)15-31(46)42-7-3-24(4-8-42)44-11-2-22-19-50-20-30(22)40-34(44)49/h13-14,19-20,23-27,47H,2-12,15-18H2,1H3,(H,40,49)/t23-,26?,27?/m0/s1. The second-order valence-electron chi connectivity index (χ2n) is 14.6. The van der Waals surface area contributed by atoms with E-state index in [-0.39, 0.29) is 42.3 Å². The normalized spacial score (nSPS) is 24.7. The van der Waals surface area contributed by atoms with Crippen molar-refractivity contribution in [3.63, 3.8) is 0 Å². The topological polar surface area (TPSA) is 99.7 Å². The zero-order valence-electron chi connectivity index (χ0n) is 28.1. The fourth-order valence-corrected chi connectivity index (χ4v) is 9.88. The number of carbonyl (C=O) groups is 3. The second-order valence-corrected chi connectivity index (χ2v) is 15.8. The number of benzene rings is 1. The molecule has 4 fully saturated rings. The van der Waals surface area contributed by atoms with Gasteiger partial charge in [-0.1, -0.05) is 11.6 Å². The Kier molecular flexibility index (Phi) is 10.0. The van der Waals surface area contributed by atoms with E-state index in [4.69, 9.17) is 11.6 Å². The lowest BCUT2D eigenvalue weighted by atomic mass is 9.91. The van der Waals surface area contributed by atoms with Gasteiger partial charge in [-0.2, -0.15) is 13.2 Å². The molecule has 15 heteroatoms. The summed E-state index contributed by atoms with van der Waals surface area (Å²) in [6, 6.07) is 3.40. The fraction of sp³-hybridized carbons (Fsp3) is 0.629. The minimum atomic E-state index is -4.84. The van der Waals surface area contributed by atoms with Gasteiger partial charge in [0.1, 0.15) is 5.75 Å². The molecule has 4 saturated heterocycles. The number of aromatic hydroxyl groups is 1. The number of anilines is 1. The van der Waals surface area contributed by atoms with Crippen LogP contribution in [0.25, 0.3) is 0 Å². The number of phenols is 1. The van der Waals surface area contributed by atoms with Crippen LogP contribution >= 0.6 is 22.9 Å². The molecule has 2 N–H and O–H groups in total. The molecule has 1 aromatic heterocycles. The molecule has 10 nitrogen and oxygen atoms in total. The number of amides is 4. The first-order valence-corrected chi connectivity index (χ1v) is 18.9. The van der Waals surface area contributed by atoms with E-state index < -0.39 is 28.4 Å². The number of urea groups is 1. The highest BCUT2D eigenvalue weighted by atomic mass is 35.5. The third-order valence-electron chi connectivity index (χ3n) is 11.6. The maximum absolute atomic E-state index is 14.1. The van der Waals surface area contributed by atoms with E-state index in [9.17, 15) is 32.7 Å². The molecule has 6 heterocycles. The van der Waals surface area contributed by atoms with Gasteiger partial charge in [0.15, 0.2) is 0 Å². The van der Waals surface area contributed by atoms with Crippen molar-refractivity contribution >= 4 is 46.5 Å². The van der Waals surface area contributed by atoms with Crippen LogP contribution < -0.4 is 5.32 Å². The average Bonchev–Trinajstić information content (AvgIpc) is 3.79. The molecule has 7 rings (SSSR count). The molecular weight excluding hydrogens is 693 g/mol. The Hall–Kier alpha value is -3.07. The Morgan fingerprint density at radius 3 is 2.34 bits per heavy atom. The number of hydrogen-bond acceptors (Lipinski definition) is 7. The quantitative estimate of drug-likeness (QED) is 0.409. The van der Waals surface area contributed by atoms with Gasteiger partial charge in [0.2, 0.25) is 11.8 Å². The van der Waals surface area contributed by atoms with Crippen LogP contribution in [0.15, 0.2) is 22.9 Å². The maximum Gasteiger partial charge on any atom is 0.420 e. The number of phenolic OH excluding ortho intramolecular Hbond substituents is 1. The number of likely N-dealkylation sites (tertiary alicyclic amines) is 4. The lowest BCUT2D eigenvalue weighted by Gasteiger charge is -2.42. The Morgan fingerprint density at radius 2 is 1.68 bits per heavy atom. The van der Waals surface area contributed by atoms with Crippen LogP contribution in [0.3, 0.4) is 0 Å². The lowest BCUT2D eigenvalue weighted by molar-refractivity contribution is -0.143. The zero-order chi connectivity index (χ0) is 35.3. The molecule has 0 radical (unpaired) electrons. The number of hydrogen-bond donors (Lipinski definition) is 2. The number of nitrogens with one attached hydrogen (secondary N) is 1. The maximum atomic E-state index is 14.1. The van der Waals surface area contributed by atoms with Crippen molar-refractivity contribution in [3.8, 4) is 5.75 Å². The molecule has 50 heavy (non-hydrogen) atoms. The van der Waals surface area contributed by atoms with Crippen molar-refractivity contribution in [2.75, 3.05) is 58.2 Å². The monoisotopic (exact) mass is 736 g/mol. The summed E-state index contributed by atoms with van der Waals surface area (Å²) in [6.07, 6.45) is -0.381. The summed E-state index contributed by atoms with van der Waals surface area (Å²) in [6.45, 7) is 4.56. The number of piperazine rings is 1. The summed E-state index contributed by atoms with van der Waals surface area (Å²) in [5, 5.41) is 16.6. The van der Waals surface area contributed by atoms with Crippen molar-refractivity contribution in [2.45, 2.75) is 81.7 Å². The van der Waals surface area contributed by atoms with Crippen molar-refractivity contribution in [1.82, 2.24) is 24.5 Å². The molecule has 2 aromatic rings. The Labute approximate surface area is 299 Å². The van der Waals surface area contributed by atoms with Crippen LogP contribution in [0, 0.1) is 5.92 Å². The number of halogens is 4. The van der Waals surface area contributed by atoms with Gasteiger partial charge in [0.05, 0.1) is 22.2 Å². The van der Waals surface area contributed by atoms with Gasteiger partial charge in [-0.05, 0) is 80.6 Å². The van der Waals surface area contributed by atoms with Crippen LogP contribution in [-0.4, -0.2) is 124 Å². The second kappa shape index (κ2) is 14.2. The first-order valence-electron chi connectivity index (χ1n) is 17.6. The highest BCUT2D eigenvalue weighted by Crippen LogP contribution is 2.41. The van der Waals surface area contributed by atoms with Crippen molar-refractivity contribution < 1.29 is 32.7 Å². The Morgan fingerprint density at radius 1 is 0.980 bits per heavy atom. The van der Waals surface area contributed by atoms with Crippen LogP contribution in [0.2, 0.25) is 5.02 Å². The van der Waals surface area contributed by atoms with E-state index in [1.165, 1.54) is 12.5 Å². The van der Waals surface area contributed by atoms with Crippen LogP contribution in [-0.2, 0) is 28.6 Å². The average molecular weight is 737 g/mol. The van der Waals surface area contributed by atoms with Crippen LogP contribution in [0.5, 0.6) is 5.75 Å². The highest BCUT2D eigenvalue weighted by molar-refractivity contribution is 7.08. The largest absolute Gasteiger partial charge is 0.506 e. The van der Waals surface area contributed by atoms with E-state index in [0.29, 0.717) is 63.7 Å². The smallest absolute Gasteiger partial charge is 0.420 e. The van der Waals surface area contributed by atoms with Gasteiger partial charge < -0.3 is 30.0 Å². The number of alkyl halides is 3. The molecule has 2 unspecified atom stereocenters. The predicted octanol–water partition coefficient (Wildman–Crippen LogP) is 5.14. The van der Waals surface area contributed by atoms with Crippen molar-refractivity contribution in [3.05, 3.63) is 44.6 Å². The number of carbonyl (C=O) groups excluding carboxylic acids is 3. The van der Waals surface area contributed by atoms with Crippen LogP contribution in [0.4, 0.5) is 23.7 Å². The number of fused-ring (bicyclic) bond motifs is 3. The van der Waals surface area contributed by atoms with E-state index >= 15 is 0 Å². The molecule has 4 amide bonds. The van der Waals surface area contributed by atoms with Crippen molar-refractivity contribution in [1.29, 1.82) is 0 Å². The SMILES string of the molecule is CN1CC2CC1CN2C1CCN(C(=O)[C@H](CC(=O)N2CCC(N3CCc4cscc4NC3=O)CC2)Cc2cc(Cl)c(O)c(C(F)(F)F)c2)CC1. The molecular formula is C35H44ClF3N6O4S. The number of piperidine rings is 2. The molecule has 3 atom stereocenters. The molecule has 1 aromatic carbocycles. The molecule has 0 spiro atoms. The number of nitrogens with zero attached hydrogens (tertiary/aromatic N) is 5. The summed E-state index contributed by atoms with van der Waals surface area (Å²) < 4.78 is 41.3. The zero-order valence-corrected chi connectivity index (χ0v) is 29.7. The summed E-state index contributed by atoms with van der Waals surface area (Å²) >= 11 is 7.59. The van der Waals surface area contributed by atoms with Gasteiger partial charge in [0.25, 0.3) is 0 Å². The summed E-state index contributed by atoms with van der Waals surface area (Å²) in [7, 11) is 2.17. The first-order chi connectivity index (χ1) is 23.9. The third kappa shape index (κ3) is 7.18. The van der Waals surface area contributed by atoms with Gasteiger partial charge >= 0.3 is 12.2 Å². The Balaban J connectivity index is 1.02. The number of thiophene rings is 1. The van der Waals surface area contributed by atoms with Crippen LogP contribution in [0.1, 0.15) is 55.2 Å². The molecule has 272 valence electrons. The fourth-order valence-electron chi connectivity index (χ4n) is 8.81. The van der Waals surface area contributed by atoms with Gasteiger partial charge in [0, 0.05) is 81.8 Å². The van der Waals surface area contributed by atoms with Crippen molar-refractivity contribution in [2.24, 2.45) is 5.92 Å². The minimum absolute atomic E-state index is 0.0309. The summed E-state index contributed by atoms with van der Waals surface area (Å²) in [5.41, 5.74) is 0.839. The molecule has 5 aliphatic rings. The highest BCUT2D eigenvalue weighted by Gasteiger charge is 2.45. The third-order valence-corrected chi connectivity index (χ3v) is 12.7. The molecule has 0 aliphatic carbocycles. The first kappa shape index (κ1) is 35.3. The number of rotatable bonds is 7. The molecule has 5 aliphatic heterocycles. The summed E-state index contributed by atoms with van der Waals surface area (Å²) in [4.78, 5) is 51.2. The van der Waals surface area contributed by atoms with Gasteiger partial charge in [-0.3, -0.25) is 14.5 Å². The minimum Gasteiger partial charge on any atom is -0.506 e. The molecule has 0 saturated carbocycles. The van der Waals surface area contributed by atoms with E-state index in [1.54, 1.807) is 21.1 Å². The van der Waals surface area contributed by atoms with Gasteiger partial charge in [-0.25, -0.2) is 4.79 Å². The Bertz CT molecular complexity index is 1610. The predicted molar refractivity (Wildman–Crippen MR) is 184 cm³/mol. The molecule has 2 bridgehead atoms. The van der Waals surface area contributed by atoms with E-state index in [1.807, 2.05) is 15.7 Å².